The Morgan fingerprint density at radius 3 is 2.88 bits per heavy atom. The summed E-state index contributed by atoms with van der Waals surface area (Å²) < 4.78 is 5.39. The van der Waals surface area contributed by atoms with Crippen molar-refractivity contribution in [2.45, 2.75) is 19.5 Å². The first-order chi connectivity index (χ1) is 12.3. The van der Waals surface area contributed by atoms with Crippen LogP contribution in [0.5, 0.6) is 0 Å². The van der Waals surface area contributed by atoms with Gasteiger partial charge in [0.25, 0.3) is 0 Å². The quantitative estimate of drug-likeness (QED) is 0.855. The summed E-state index contributed by atoms with van der Waals surface area (Å²) in [5.74, 6) is 1.18. The maximum atomic E-state index is 12.8. The van der Waals surface area contributed by atoms with Crippen molar-refractivity contribution < 1.29 is 9.53 Å². The van der Waals surface area contributed by atoms with Crippen molar-refractivity contribution in [3.05, 3.63) is 54.0 Å². The lowest BCUT2D eigenvalue weighted by molar-refractivity contribution is -0.135. The molecule has 6 heteroatoms. The van der Waals surface area contributed by atoms with E-state index in [0.29, 0.717) is 26.3 Å². The van der Waals surface area contributed by atoms with Gasteiger partial charge in [0.15, 0.2) is 0 Å². The van der Waals surface area contributed by atoms with Crippen molar-refractivity contribution in [1.82, 2.24) is 14.9 Å². The highest BCUT2D eigenvalue weighted by Gasteiger charge is 2.30. The summed E-state index contributed by atoms with van der Waals surface area (Å²) in [5, 5.41) is 0. The molecule has 1 atom stereocenters. The number of nitrogens with zero attached hydrogens (tertiary/aromatic N) is 4. The highest BCUT2D eigenvalue weighted by Crippen LogP contribution is 2.26. The number of ether oxygens (including phenoxy) is 1. The fraction of sp³-hybridized carbons (Fsp3) is 0.421. The van der Waals surface area contributed by atoms with Gasteiger partial charge in [-0.05, 0) is 30.2 Å². The standard InChI is InChI=1S/C19H22N4O2/c24-19(17-5-11-25-14-17)23-10-9-22(12-15-3-7-20-8-4-15)18-16(13-23)2-1-6-21-18/h1-4,6-8,17H,5,9-14H2/t17-/m0/s1. The van der Waals surface area contributed by atoms with Gasteiger partial charge in [-0.15, -0.1) is 0 Å². The molecule has 0 bridgehead atoms. The van der Waals surface area contributed by atoms with Gasteiger partial charge in [-0.2, -0.15) is 0 Å². The zero-order valence-electron chi connectivity index (χ0n) is 14.2. The summed E-state index contributed by atoms with van der Waals surface area (Å²) >= 11 is 0. The molecule has 0 aliphatic carbocycles. The first-order valence-corrected chi connectivity index (χ1v) is 8.75. The third kappa shape index (κ3) is 3.49. The summed E-state index contributed by atoms with van der Waals surface area (Å²) in [6, 6.07) is 8.05. The Kier molecular flexibility index (Phi) is 4.61. The summed E-state index contributed by atoms with van der Waals surface area (Å²) in [5.41, 5.74) is 2.29. The van der Waals surface area contributed by atoms with Crippen molar-refractivity contribution in [3.8, 4) is 0 Å². The number of carbonyl (C=O) groups excluding carboxylic acids is 1. The maximum absolute atomic E-state index is 12.8. The predicted octanol–water partition coefficient (Wildman–Crippen LogP) is 1.86. The van der Waals surface area contributed by atoms with Gasteiger partial charge in [0.2, 0.25) is 5.91 Å². The van der Waals surface area contributed by atoms with Gasteiger partial charge in [-0.3, -0.25) is 9.78 Å². The van der Waals surface area contributed by atoms with Gasteiger partial charge in [0, 0.05) is 56.9 Å². The van der Waals surface area contributed by atoms with Crippen LogP contribution >= 0.6 is 0 Å². The minimum Gasteiger partial charge on any atom is -0.381 e. The highest BCUT2D eigenvalue weighted by atomic mass is 16.5. The van der Waals surface area contributed by atoms with E-state index in [4.69, 9.17) is 4.74 Å². The molecule has 130 valence electrons. The smallest absolute Gasteiger partial charge is 0.228 e. The lowest BCUT2D eigenvalue weighted by Crippen LogP contribution is -2.39. The number of pyridine rings is 2. The molecular formula is C19H22N4O2. The van der Waals surface area contributed by atoms with Gasteiger partial charge in [-0.1, -0.05) is 6.07 Å². The molecular weight excluding hydrogens is 316 g/mol. The van der Waals surface area contributed by atoms with E-state index in [1.165, 1.54) is 5.56 Å². The van der Waals surface area contributed by atoms with Crippen LogP contribution in [0.2, 0.25) is 0 Å². The fourth-order valence-corrected chi connectivity index (χ4v) is 3.51. The number of hydrogen-bond donors (Lipinski definition) is 0. The lowest BCUT2D eigenvalue weighted by Gasteiger charge is -2.25. The van der Waals surface area contributed by atoms with Gasteiger partial charge < -0.3 is 14.5 Å². The largest absolute Gasteiger partial charge is 0.381 e. The first-order valence-electron chi connectivity index (χ1n) is 8.75. The van der Waals surface area contributed by atoms with Crippen LogP contribution in [-0.2, 0) is 22.6 Å². The van der Waals surface area contributed by atoms with Crippen molar-refractivity contribution in [2.75, 3.05) is 31.2 Å². The molecule has 2 aromatic rings. The molecule has 2 aromatic heterocycles. The van der Waals surface area contributed by atoms with Crippen molar-refractivity contribution in [1.29, 1.82) is 0 Å². The van der Waals surface area contributed by atoms with Gasteiger partial charge in [-0.25, -0.2) is 4.98 Å². The van der Waals surface area contributed by atoms with Crippen LogP contribution in [0.25, 0.3) is 0 Å². The lowest BCUT2D eigenvalue weighted by atomic mass is 10.1. The third-order valence-corrected chi connectivity index (χ3v) is 4.88. The Morgan fingerprint density at radius 2 is 2.08 bits per heavy atom. The Bertz CT molecular complexity index is 731. The summed E-state index contributed by atoms with van der Waals surface area (Å²) in [6.45, 7) is 4.10. The zero-order valence-corrected chi connectivity index (χ0v) is 14.2. The van der Waals surface area contributed by atoms with Crippen LogP contribution in [0.4, 0.5) is 5.82 Å². The highest BCUT2D eigenvalue weighted by molar-refractivity contribution is 5.79. The second kappa shape index (κ2) is 7.19. The van der Waals surface area contributed by atoms with Crippen LogP contribution in [0, 0.1) is 5.92 Å². The second-order valence-corrected chi connectivity index (χ2v) is 6.58. The molecule has 0 aromatic carbocycles. The minimum atomic E-state index is 0.00636. The molecule has 1 saturated heterocycles. The number of rotatable bonds is 3. The number of hydrogen-bond acceptors (Lipinski definition) is 5. The van der Waals surface area contributed by atoms with Crippen LogP contribution in [0.1, 0.15) is 17.5 Å². The van der Waals surface area contributed by atoms with Gasteiger partial charge in [0.1, 0.15) is 5.82 Å². The molecule has 1 fully saturated rings. The molecule has 4 rings (SSSR count). The molecule has 2 aliphatic rings. The van der Waals surface area contributed by atoms with Crippen molar-refractivity contribution >= 4 is 11.7 Å². The molecule has 0 unspecified atom stereocenters. The summed E-state index contributed by atoms with van der Waals surface area (Å²) in [7, 11) is 0. The van der Waals surface area contributed by atoms with E-state index >= 15 is 0 Å². The first kappa shape index (κ1) is 16.0. The molecule has 0 saturated carbocycles. The van der Waals surface area contributed by atoms with E-state index in [1.54, 1.807) is 0 Å². The fourth-order valence-electron chi connectivity index (χ4n) is 3.51. The molecule has 6 nitrogen and oxygen atoms in total. The van der Waals surface area contributed by atoms with Crippen LogP contribution in [0.3, 0.4) is 0 Å². The Hall–Kier alpha value is -2.47. The molecule has 25 heavy (non-hydrogen) atoms. The molecule has 4 heterocycles. The van der Waals surface area contributed by atoms with E-state index in [-0.39, 0.29) is 11.8 Å². The average Bonchev–Trinajstić information content (AvgIpc) is 3.13. The number of fused-ring (bicyclic) bond motifs is 1. The van der Waals surface area contributed by atoms with Gasteiger partial charge in [0.05, 0.1) is 12.5 Å². The summed E-state index contributed by atoms with van der Waals surface area (Å²) in [6.07, 6.45) is 6.27. The summed E-state index contributed by atoms with van der Waals surface area (Å²) in [4.78, 5) is 25.7. The zero-order chi connectivity index (χ0) is 17.1. The van der Waals surface area contributed by atoms with E-state index in [0.717, 1.165) is 30.9 Å². The second-order valence-electron chi connectivity index (χ2n) is 6.58. The minimum absolute atomic E-state index is 0.00636. The number of amides is 1. The molecule has 0 spiro atoms. The molecule has 2 aliphatic heterocycles. The topological polar surface area (TPSA) is 58.6 Å². The molecule has 1 amide bonds. The Labute approximate surface area is 147 Å². The van der Waals surface area contributed by atoms with E-state index < -0.39 is 0 Å². The normalized spacial score (nSPS) is 20.2. The van der Waals surface area contributed by atoms with Crippen LogP contribution in [0.15, 0.2) is 42.9 Å². The van der Waals surface area contributed by atoms with Gasteiger partial charge >= 0.3 is 0 Å². The van der Waals surface area contributed by atoms with E-state index in [2.05, 4.69) is 20.9 Å². The van der Waals surface area contributed by atoms with Crippen molar-refractivity contribution in [2.24, 2.45) is 5.92 Å². The molecule has 0 radical (unpaired) electrons. The SMILES string of the molecule is O=C([C@H]1CCOC1)N1CCN(Cc2ccncc2)c2ncccc2C1. The Morgan fingerprint density at radius 1 is 1.20 bits per heavy atom. The maximum Gasteiger partial charge on any atom is 0.228 e. The van der Waals surface area contributed by atoms with E-state index in [9.17, 15) is 4.79 Å². The number of anilines is 1. The third-order valence-electron chi connectivity index (χ3n) is 4.88. The van der Waals surface area contributed by atoms with E-state index in [1.807, 2.05) is 41.7 Å². The van der Waals surface area contributed by atoms with Crippen LogP contribution in [-0.4, -0.2) is 47.1 Å². The monoisotopic (exact) mass is 338 g/mol. The number of carbonyl (C=O) groups is 1. The predicted molar refractivity (Wildman–Crippen MR) is 93.9 cm³/mol. The number of aromatic nitrogens is 2. The average molecular weight is 338 g/mol. The Balaban J connectivity index is 1.56. The van der Waals surface area contributed by atoms with Crippen molar-refractivity contribution in [3.63, 3.8) is 0 Å². The molecule has 0 N–H and O–H groups in total. The van der Waals surface area contributed by atoms with Crippen LogP contribution < -0.4 is 4.90 Å².